The van der Waals surface area contributed by atoms with Gasteiger partial charge >= 0.3 is 0 Å². The molecule has 0 saturated heterocycles. The Kier molecular flexibility index (Phi) is 553. The van der Waals surface area contributed by atoms with Gasteiger partial charge in [0.25, 0.3) is 0 Å². The summed E-state index contributed by atoms with van der Waals surface area (Å²) in [6.07, 6.45) is 0. The van der Waals surface area contributed by atoms with Crippen molar-refractivity contribution < 1.29 is 51.2 Å². The minimum atomic E-state index is 0. The van der Waals surface area contributed by atoms with Crippen molar-refractivity contribution in [1.29, 1.82) is 5.26 Å². The van der Waals surface area contributed by atoms with E-state index in [1.54, 1.807) is 0 Å². The van der Waals surface area contributed by atoms with Crippen molar-refractivity contribution in [2.24, 2.45) is 0 Å². The maximum Gasteiger partial charge on any atom is 0 e. The van der Waals surface area contributed by atoms with Gasteiger partial charge in [0, 0.05) is 51.2 Å². The quantitative estimate of drug-likeness (QED) is 0.401. The van der Waals surface area contributed by atoms with Gasteiger partial charge in [-0.1, -0.05) is 0 Å². The molecule has 0 spiro atoms. The van der Waals surface area contributed by atoms with E-state index in [4.69, 9.17) is 11.8 Å². The molecule has 0 bridgehead atoms. The average molecular weight is 200 g/mol. The molecule has 0 saturated carbocycles. The zero-order chi connectivity index (χ0) is 2.00. The van der Waals surface area contributed by atoms with Crippen molar-refractivity contribution in [2.75, 3.05) is 0 Å². The first-order valence-electron chi connectivity index (χ1n) is 0.224. The predicted molar refractivity (Wildman–Crippen MR) is 4.97 cm³/mol. The van der Waals surface area contributed by atoms with Crippen molar-refractivity contribution >= 4 is 0 Å². The number of nitrogens with zero attached hydrogens (tertiary/aromatic N) is 1. The normalized spacial score (nSPS) is 0.400. The van der Waals surface area contributed by atoms with Gasteiger partial charge in [0.05, 0.1) is 0 Å². The van der Waals surface area contributed by atoms with Crippen LogP contribution in [0.15, 0.2) is 0 Å². The first-order valence-corrected chi connectivity index (χ1v) is 0.224. The SMILES string of the molecule is [C-]#N.[Cu].[Fe].[Mn]. The molecule has 1 nitrogen and oxygen atoms in total. The summed E-state index contributed by atoms with van der Waals surface area (Å²) in [5.74, 6) is 0. The van der Waals surface area contributed by atoms with Crippen LogP contribution >= 0.6 is 0 Å². The summed E-state index contributed by atoms with van der Waals surface area (Å²) in [7, 11) is 0. The van der Waals surface area contributed by atoms with Crippen molar-refractivity contribution in [1.82, 2.24) is 0 Å². The first-order chi connectivity index (χ1) is 1.00. The number of hydrogen-bond donors (Lipinski definition) is 0. The smallest absolute Gasteiger partial charge is 0 e. The zero-order valence-electron chi connectivity index (χ0n) is 1.98. The molecule has 0 atom stereocenters. The second-order valence-corrected chi connectivity index (χ2v) is 0. The number of hydrogen-bond acceptors (Lipinski definition) is 1. The van der Waals surface area contributed by atoms with Gasteiger partial charge in [-0.25, -0.2) is 0 Å². The van der Waals surface area contributed by atoms with E-state index in [0.717, 1.165) is 0 Å². The minimum Gasteiger partial charge on any atom is -0.512 e. The van der Waals surface area contributed by atoms with Crippen LogP contribution in [0.1, 0.15) is 0 Å². The van der Waals surface area contributed by atoms with Crippen molar-refractivity contribution in [3.8, 4) is 0 Å². The standard InChI is InChI=1S/CN.Cu.Fe.Mn/c1-2;;;/q-1;;;. The van der Waals surface area contributed by atoms with E-state index in [9.17, 15) is 0 Å². The van der Waals surface area contributed by atoms with Crippen LogP contribution in [0, 0.1) is 11.8 Å². The van der Waals surface area contributed by atoms with E-state index in [2.05, 4.69) is 0 Å². The second kappa shape index (κ2) is 75.3. The van der Waals surface area contributed by atoms with Gasteiger partial charge in [-0.2, -0.15) is 0 Å². The van der Waals surface area contributed by atoms with E-state index >= 15 is 0 Å². The number of rotatable bonds is 0. The van der Waals surface area contributed by atoms with Gasteiger partial charge in [0.15, 0.2) is 0 Å². The van der Waals surface area contributed by atoms with Gasteiger partial charge in [0.1, 0.15) is 0 Å². The molecule has 0 N–H and O–H groups in total. The summed E-state index contributed by atoms with van der Waals surface area (Å²) >= 11 is 0. The van der Waals surface area contributed by atoms with Gasteiger partial charge in [-0.3, -0.25) is 0 Å². The summed E-state index contributed by atoms with van der Waals surface area (Å²) in [6, 6.07) is 0. The topological polar surface area (TPSA) is 23.8 Å². The maximum atomic E-state index is 6.25. The zero-order valence-corrected chi connectivity index (χ0v) is 5.21. The molecular formula is CCuFeMnN-. The Morgan fingerprint density at radius 1 is 1.20 bits per heavy atom. The molecule has 36 valence electrons. The first kappa shape index (κ1) is 36.7. The second-order valence-electron chi connectivity index (χ2n) is 0. The monoisotopic (exact) mass is 200 g/mol. The van der Waals surface area contributed by atoms with Gasteiger partial charge in [-0.05, 0) is 0 Å². The Morgan fingerprint density at radius 3 is 1.20 bits per heavy atom. The molecule has 0 rings (SSSR count). The van der Waals surface area contributed by atoms with Gasteiger partial charge in [0.2, 0.25) is 0 Å². The molecule has 0 aromatic heterocycles. The minimum absolute atomic E-state index is 0. The van der Waals surface area contributed by atoms with Crippen LogP contribution in [0.25, 0.3) is 0 Å². The average Bonchev–Trinajstić information content (AvgIpc) is 1.00. The molecule has 0 amide bonds. The third kappa shape index (κ3) is 42.7. The molecule has 5 heavy (non-hydrogen) atoms. The molecule has 0 unspecified atom stereocenters. The van der Waals surface area contributed by atoms with Crippen molar-refractivity contribution in [2.45, 2.75) is 0 Å². The molecule has 0 heterocycles. The van der Waals surface area contributed by atoms with E-state index in [1.807, 2.05) is 0 Å². The summed E-state index contributed by atoms with van der Waals surface area (Å²) in [5.41, 5.74) is 0. The summed E-state index contributed by atoms with van der Waals surface area (Å²) in [4.78, 5) is 0. The van der Waals surface area contributed by atoms with Gasteiger partial charge in [-0.15, -0.1) is 0 Å². The van der Waals surface area contributed by atoms with Crippen LogP contribution in [0.5, 0.6) is 0 Å². The maximum absolute atomic E-state index is 6.25. The van der Waals surface area contributed by atoms with Crippen LogP contribution in [0.2, 0.25) is 0 Å². The molecule has 0 aliphatic heterocycles. The molecule has 0 aliphatic rings. The molecule has 0 aromatic rings. The Balaban J connectivity index is -0.00000000167. The van der Waals surface area contributed by atoms with E-state index in [-0.39, 0.29) is 51.2 Å². The molecule has 4 heteroatoms. The third-order valence-electron chi connectivity index (χ3n) is 0. The van der Waals surface area contributed by atoms with Crippen LogP contribution in [0.4, 0.5) is 0 Å². The van der Waals surface area contributed by atoms with Crippen LogP contribution in [-0.4, -0.2) is 0 Å². The predicted octanol–water partition coefficient (Wildman–Crippen LogP) is 0.0889. The largest absolute Gasteiger partial charge is 0.512 e. The Morgan fingerprint density at radius 2 is 1.20 bits per heavy atom. The fourth-order valence-corrected chi connectivity index (χ4v) is 0. The Hall–Kier alpha value is 1.05. The summed E-state index contributed by atoms with van der Waals surface area (Å²) in [6.45, 7) is 4.75. The Bertz CT molecular complexity index is 16.4. The summed E-state index contributed by atoms with van der Waals surface area (Å²) < 4.78 is 0. The third-order valence-corrected chi connectivity index (χ3v) is 0. The summed E-state index contributed by atoms with van der Waals surface area (Å²) in [5, 5.41) is 6.25. The Labute approximate surface area is 62.9 Å². The fourth-order valence-electron chi connectivity index (χ4n) is 0. The van der Waals surface area contributed by atoms with E-state index in [0.29, 0.717) is 0 Å². The molecular weight excluding hydrogens is 200 g/mol. The van der Waals surface area contributed by atoms with Crippen molar-refractivity contribution in [3.05, 3.63) is 6.57 Å². The fraction of sp³-hybridized carbons (Fsp3) is 0. The van der Waals surface area contributed by atoms with Gasteiger partial charge < -0.3 is 11.8 Å². The molecule has 0 aliphatic carbocycles. The van der Waals surface area contributed by atoms with Crippen LogP contribution in [-0.2, 0) is 51.2 Å². The molecule has 0 fully saturated rings. The van der Waals surface area contributed by atoms with E-state index in [1.165, 1.54) is 0 Å². The van der Waals surface area contributed by atoms with Crippen LogP contribution < -0.4 is 0 Å². The molecule has 2 radical (unpaired) electrons. The molecule has 0 aromatic carbocycles. The van der Waals surface area contributed by atoms with Crippen LogP contribution in [0.3, 0.4) is 0 Å². The van der Waals surface area contributed by atoms with Crippen molar-refractivity contribution in [3.63, 3.8) is 0 Å². The van der Waals surface area contributed by atoms with E-state index < -0.39 is 0 Å².